The molecular weight excluding hydrogens is 282 g/mol. The highest BCUT2D eigenvalue weighted by molar-refractivity contribution is 7.89. The maximum Gasteiger partial charge on any atom is 0.270 e. The smallest absolute Gasteiger partial charge is 0.270 e. The summed E-state index contributed by atoms with van der Waals surface area (Å²) in [5.74, 6) is -0.249. The summed E-state index contributed by atoms with van der Waals surface area (Å²) in [4.78, 5) is 14.1. The molecular formula is C12H19N3O4S. The quantitative estimate of drug-likeness (QED) is 0.743. The summed E-state index contributed by atoms with van der Waals surface area (Å²) in [5.41, 5.74) is 0.305. The van der Waals surface area contributed by atoms with Crippen LogP contribution in [-0.4, -0.2) is 55.1 Å². The van der Waals surface area contributed by atoms with E-state index in [1.54, 1.807) is 11.9 Å². The molecule has 8 heteroatoms. The van der Waals surface area contributed by atoms with Gasteiger partial charge >= 0.3 is 0 Å². The van der Waals surface area contributed by atoms with Crippen molar-refractivity contribution >= 4 is 15.9 Å². The Labute approximate surface area is 118 Å². The van der Waals surface area contributed by atoms with E-state index >= 15 is 0 Å². The van der Waals surface area contributed by atoms with Crippen LogP contribution in [0.25, 0.3) is 0 Å². The third kappa shape index (κ3) is 2.87. The van der Waals surface area contributed by atoms with E-state index in [0.29, 0.717) is 5.69 Å². The number of aliphatic hydroxyl groups excluding tert-OH is 1. The maximum atomic E-state index is 12.4. The van der Waals surface area contributed by atoms with Gasteiger partial charge in [0.15, 0.2) is 0 Å². The second-order valence-corrected chi connectivity index (χ2v) is 6.72. The second kappa shape index (κ2) is 5.55. The first-order chi connectivity index (χ1) is 9.40. The van der Waals surface area contributed by atoms with Crippen molar-refractivity contribution in [2.45, 2.75) is 23.8 Å². The van der Waals surface area contributed by atoms with E-state index in [0.717, 1.165) is 12.8 Å². The van der Waals surface area contributed by atoms with Crippen molar-refractivity contribution in [2.24, 2.45) is 7.05 Å². The summed E-state index contributed by atoms with van der Waals surface area (Å²) in [7, 11) is -0.611. The fourth-order valence-electron chi connectivity index (χ4n) is 2.10. The molecule has 2 rings (SSSR count). The van der Waals surface area contributed by atoms with Gasteiger partial charge < -0.3 is 14.6 Å². The van der Waals surface area contributed by atoms with Gasteiger partial charge in [-0.2, -0.15) is 0 Å². The molecule has 0 unspecified atom stereocenters. The zero-order chi connectivity index (χ0) is 14.9. The lowest BCUT2D eigenvalue weighted by atomic mass is 10.3. The van der Waals surface area contributed by atoms with Crippen LogP contribution in [0.15, 0.2) is 17.2 Å². The average Bonchev–Trinajstić information content (AvgIpc) is 3.17. The molecule has 0 aliphatic heterocycles. The normalized spacial score (nSPS) is 15.3. The Bertz CT molecular complexity index is 604. The molecule has 1 aliphatic rings. The molecule has 0 bridgehead atoms. The number of hydrogen-bond donors (Lipinski definition) is 2. The highest BCUT2D eigenvalue weighted by Crippen LogP contribution is 2.28. The van der Waals surface area contributed by atoms with Gasteiger partial charge in [0.05, 0.1) is 6.61 Å². The topological polar surface area (TPSA) is 91.6 Å². The number of nitrogens with zero attached hydrogens (tertiary/aromatic N) is 2. The molecule has 1 fully saturated rings. The number of aryl methyl sites for hydroxylation is 1. The summed E-state index contributed by atoms with van der Waals surface area (Å²) >= 11 is 0. The van der Waals surface area contributed by atoms with Crippen molar-refractivity contribution in [2.75, 3.05) is 20.2 Å². The van der Waals surface area contributed by atoms with E-state index in [2.05, 4.69) is 4.72 Å². The van der Waals surface area contributed by atoms with Crippen LogP contribution in [0, 0.1) is 0 Å². The van der Waals surface area contributed by atoms with Gasteiger partial charge in [-0.15, -0.1) is 0 Å². The zero-order valence-electron chi connectivity index (χ0n) is 11.5. The summed E-state index contributed by atoms with van der Waals surface area (Å²) < 4.78 is 27.2. The average molecular weight is 301 g/mol. The molecule has 0 radical (unpaired) electrons. The molecule has 1 aromatic rings. The summed E-state index contributed by atoms with van der Waals surface area (Å²) in [6.07, 6.45) is 3.26. The molecule has 1 aromatic heterocycles. The summed E-state index contributed by atoms with van der Waals surface area (Å²) in [5, 5.41) is 9.04. The number of aliphatic hydroxyl groups is 1. The third-order valence-corrected chi connectivity index (χ3v) is 4.75. The van der Waals surface area contributed by atoms with Gasteiger partial charge in [0.1, 0.15) is 10.6 Å². The standard InChI is InChI=1S/C12H19N3O4S/c1-13-20(18,19)10-7-11(14(2)8-10)12(17)15(5-6-16)9-3-4-9/h7-9,13,16H,3-6H2,1-2H3. The molecule has 0 saturated heterocycles. The van der Waals surface area contributed by atoms with Gasteiger partial charge in [0.2, 0.25) is 10.0 Å². The monoisotopic (exact) mass is 301 g/mol. The van der Waals surface area contributed by atoms with E-state index < -0.39 is 10.0 Å². The number of rotatable bonds is 6. The molecule has 1 heterocycles. The Morgan fingerprint density at radius 2 is 2.20 bits per heavy atom. The van der Waals surface area contributed by atoms with Crippen molar-refractivity contribution in [3.63, 3.8) is 0 Å². The molecule has 1 aliphatic carbocycles. The number of amides is 1. The molecule has 0 spiro atoms. The molecule has 112 valence electrons. The molecule has 0 aromatic carbocycles. The minimum Gasteiger partial charge on any atom is -0.395 e. The molecule has 2 N–H and O–H groups in total. The van der Waals surface area contributed by atoms with E-state index in [9.17, 15) is 13.2 Å². The van der Waals surface area contributed by atoms with Crippen LogP contribution >= 0.6 is 0 Å². The van der Waals surface area contributed by atoms with Crippen LogP contribution in [-0.2, 0) is 17.1 Å². The Kier molecular flexibility index (Phi) is 4.17. The number of carbonyl (C=O) groups is 1. The predicted octanol–water partition coefficient (Wildman–Crippen LogP) is -0.470. The molecule has 20 heavy (non-hydrogen) atoms. The van der Waals surface area contributed by atoms with E-state index in [1.165, 1.54) is 23.9 Å². The maximum absolute atomic E-state index is 12.4. The lowest BCUT2D eigenvalue weighted by molar-refractivity contribution is 0.0698. The van der Waals surface area contributed by atoms with Crippen molar-refractivity contribution in [3.05, 3.63) is 18.0 Å². The predicted molar refractivity (Wildman–Crippen MR) is 72.8 cm³/mol. The molecule has 1 saturated carbocycles. The first-order valence-corrected chi connectivity index (χ1v) is 7.90. The van der Waals surface area contributed by atoms with E-state index in [1.807, 2.05) is 0 Å². The van der Waals surface area contributed by atoms with Gasteiger partial charge in [0, 0.05) is 25.8 Å². The summed E-state index contributed by atoms with van der Waals surface area (Å²) in [6.45, 7) is 0.164. The highest BCUT2D eigenvalue weighted by Gasteiger charge is 2.34. The number of hydrogen-bond acceptors (Lipinski definition) is 4. The zero-order valence-corrected chi connectivity index (χ0v) is 12.4. The van der Waals surface area contributed by atoms with Crippen molar-refractivity contribution < 1.29 is 18.3 Å². The van der Waals surface area contributed by atoms with Crippen LogP contribution in [0.2, 0.25) is 0 Å². The lowest BCUT2D eigenvalue weighted by Gasteiger charge is -2.21. The van der Waals surface area contributed by atoms with E-state index in [-0.39, 0.29) is 30.0 Å². The van der Waals surface area contributed by atoms with Gasteiger partial charge in [-0.3, -0.25) is 4.79 Å². The largest absolute Gasteiger partial charge is 0.395 e. The Morgan fingerprint density at radius 3 is 2.70 bits per heavy atom. The summed E-state index contributed by atoms with van der Waals surface area (Å²) in [6, 6.07) is 1.52. The van der Waals surface area contributed by atoms with Crippen LogP contribution in [0.1, 0.15) is 23.3 Å². The number of sulfonamides is 1. The molecule has 7 nitrogen and oxygen atoms in total. The first-order valence-electron chi connectivity index (χ1n) is 6.42. The van der Waals surface area contributed by atoms with Gasteiger partial charge in [0.25, 0.3) is 5.91 Å². The SMILES string of the molecule is CNS(=O)(=O)c1cc(C(=O)N(CCO)C2CC2)n(C)c1. The van der Waals surface area contributed by atoms with Crippen LogP contribution in [0.4, 0.5) is 0 Å². The number of aromatic nitrogens is 1. The van der Waals surface area contributed by atoms with Gasteiger partial charge in [-0.1, -0.05) is 0 Å². The number of nitrogens with one attached hydrogen (secondary N) is 1. The van der Waals surface area contributed by atoms with Crippen LogP contribution in [0.3, 0.4) is 0 Å². The fourth-order valence-corrected chi connectivity index (χ4v) is 2.90. The first kappa shape index (κ1) is 15.0. The van der Waals surface area contributed by atoms with Crippen molar-refractivity contribution in [3.8, 4) is 0 Å². The Morgan fingerprint density at radius 1 is 1.55 bits per heavy atom. The lowest BCUT2D eigenvalue weighted by Crippen LogP contribution is -2.36. The van der Waals surface area contributed by atoms with Crippen LogP contribution < -0.4 is 4.72 Å². The van der Waals surface area contributed by atoms with E-state index in [4.69, 9.17) is 5.11 Å². The van der Waals surface area contributed by atoms with Gasteiger partial charge in [-0.05, 0) is 26.0 Å². The van der Waals surface area contributed by atoms with Crippen molar-refractivity contribution in [1.29, 1.82) is 0 Å². The number of carbonyl (C=O) groups excluding carboxylic acids is 1. The Hall–Kier alpha value is -1.38. The van der Waals surface area contributed by atoms with Gasteiger partial charge in [-0.25, -0.2) is 13.1 Å². The van der Waals surface area contributed by atoms with Crippen molar-refractivity contribution in [1.82, 2.24) is 14.2 Å². The Balaban J connectivity index is 2.30. The minimum absolute atomic E-state index is 0.0607. The highest BCUT2D eigenvalue weighted by atomic mass is 32.2. The molecule has 1 amide bonds. The van der Waals surface area contributed by atoms with Crippen LogP contribution in [0.5, 0.6) is 0 Å². The molecule has 0 atom stereocenters. The minimum atomic E-state index is -3.57. The second-order valence-electron chi connectivity index (χ2n) is 4.83. The third-order valence-electron chi connectivity index (χ3n) is 3.37. The fraction of sp³-hybridized carbons (Fsp3) is 0.583.